The van der Waals surface area contributed by atoms with Crippen LogP contribution in [0.25, 0.3) is 11.0 Å². The molecule has 1 amide bonds. The fraction of sp³-hybridized carbons (Fsp3) is 0.500. The van der Waals surface area contributed by atoms with E-state index in [9.17, 15) is 9.59 Å². The lowest BCUT2D eigenvalue weighted by Gasteiger charge is -2.14. The normalized spacial score (nSPS) is 23.8. The van der Waals surface area contributed by atoms with Gasteiger partial charge in [-0.15, -0.1) is 0 Å². The maximum Gasteiger partial charge on any atom is 0.407 e. The number of rotatable bonds is 2. The Hall–Kier alpha value is -2.51. The number of hydrogen-bond donors (Lipinski definition) is 2. The first-order valence-corrected chi connectivity index (χ1v) is 6.96. The molecular formula is C14H19N5O3. The molecule has 3 rings (SSSR count). The second kappa shape index (κ2) is 5.36. The van der Waals surface area contributed by atoms with E-state index in [0.29, 0.717) is 24.8 Å². The monoisotopic (exact) mass is 308 g/mol. The summed E-state index contributed by atoms with van der Waals surface area (Å²) in [5.41, 5.74) is 5.73. The van der Waals surface area contributed by atoms with Crippen LogP contribution in [0.3, 0.4) is 0 Å². The van der Waals surface area contributed by atoms with Crippen LogP contribution in [0.2, 0.25) is 0 Å². The molecule has 0 aromatic carbocycles. The maximum absolute atomic E-state index is 12.8. The number of nitrogens with one attached hydrogen (secondary N) is 1. The van der Waals surface area contributed by atoms with Crippen LogP contribution in [-0.2, 0) is 11.7 Å². The van der Waals surface area contributed by atoms with E-state index in [0.717, 1.165) is 4.57 Å². The number of fused-ring (bicyclic) bond motifs is 1. The number of hydrogen-bond acceptors (Lipinski definition) is 5. The second-order valence-corrected chi connectivity index (χ2v) is 5.39. The molecule has 0 saturated heterocycles. The summed E-state index contributed by atoms with van der Waals surface area (Å²) < 4.78 is 29.7. The van der Waals surface area contributed by atoms with Crippen molar-refractivity contribution in [3.05, 3.63) is 22.7 Å². The highest BCUT2D eigenvalue weighted by Crippen LogP contribution is 2.31. The molecule has 2 aromatic heterocycles. The number of nitrogen functional groups attached to an aromatic ring is 1. The Kier molecular flexibility index (Phi) is 2.71. The number of nitrogens with two attached hydrogens (primary N) is 1. The van der Waals surface area contributed by atoms with Crippen LogP contribution in [0.1, 0.15) is 29.4 Å². The lowest BCUT2D eigenvalue weighted by molar-refractivity contribution is 0.166. The number of methoxy groups -OCH3 is 1. The van der Waals surface area contributed by atoms with Crippen molar-refractivity contribution in [3.63, 3.8) is 0 Å². The number of aromatic nitrogens is 3. The lowest BCUT2D eigenvalue weighted by atomic mass is 10.2. The summed E-state index contributed by atoms with van der Waals surface area (Å²) in [7, 11) is 1.28. The number of aryl methyl sites for hydroxylation is 1. The van der Waals surface area contributed by atoms with E-state index in [1.54, 1.807) is 0 Å². The van der Waals surface area contributed by atoms with E-state index in [4.69, 9.17) is 9.85 Å². The Bertz CT molecular complexity index is 873. The van der Waals surface area contributed by atoms with Gasteiger partial charge in [0.2, 0.25) is 0 Å². The minimum atomic E-state index is -2.62. The predicted molar refractivity (Wildman–Crippen MR) is 81.6 cm³/mol. The number of imidazole rings is 1. The summed E-state index contributed by atoms with van der Waals surface area (Å²) in [6.07, 6.45) is 2.55. The Morgan fingerprint density at radius 2 is 2.36 bits per heavy atom. The third-order valence-corrected chi connectivity index (χ3v) is 4.06. The van der Waals surface area contributed by atoms with Gasteiger partial charge >= 0.3 is 11.8 Å². The molecule has 1 fully saturated rings. The minimum absolute atomic E-state index is 0.144. The molecule has 3 N–H and O–H groups in total. The molecule has 1 aliphatic carbocycles. The molecule has 118 valence electrons. The van der Waals surface area contributed by atoms with E-state index in [-0.39, 0.29) is 23.4 Å². The molecule has 1 saturated carbocycles. The second-order valence-electron chi connectivity index (χ2n) is 5.39. The van der Waals surface area contributed by atoms with Gasteiger partial charge < -0.3 is 15.8 Å². The maximum atomic E-state index is 12.8. The first kappa shape index (κ1) is 11.1. The number of carbonyl (C=O) groups excluding carboxylic acids is 1. The number of pyridine rings is 1. The summed E-state index contributed by atoms with van der Waals surface area (Å²) in [5.74, 6) is 0.200. The van der Waals surface area contributed by atoms with E-state index in [1.807, 2.05) is 0 Å². The smallest absolute Gasteiger partial charge is 0.407 e. The molecule has 0 bridgehead atoms. The van der Waals surface area contributed by atoms with Crippen LogP contribution < -0.4 is 16.7 Å². The van der Waals surface area contributed by atoms with E-state index >= 15 is 0 Å². The molecule has 2 atom stereocenters. The first-order chi connectivity index (χ1) is 11.7. The summed E-state index contributed by atoms with van der Waals surface area (Å²) in [5, 5.41) is 2.71. The molecule has 0 spiro atoms. The fourth-order valence-electron chi connectivity index (χ4n) is 3.03. The van der Waals surface area contributed by atoms with Crippen LogP contribution in [0, 0.1) is 0 Å². The summed E-state index contributed by atoms with van der Waals surface area (Å²) in [6.45, 7) is -2.62. The number of amides is 1. The van der Waals surface area contributed by atoms with Crippen molar-refractivity contribution in [1.29, 1.82) is 0 Å². The zero-order valence-electron chi connectivity index (χ0n) is 15.1. The Labute approximate surface area is 131 Å². The van der Waals surface area contributed by atoms with Gasteiger partial charge in [0, 0.05) is 29.2 Å². The lowest BCUT2D eigenvalue weighted by Crippen LogP contribution is -2.33. The van der Waals surface area contributed by atoms with Crippen LogP contribution in [0.15, 0.2) is 17.1 Å². The highest BCUT2D eigenvalue weighted by molar-refractivity contribution is 5.77. The largest absolute Gasteiger partial charge is 0.453 e. The molecule has 1 aliphatic rings. The van der Waals surface area contributed by atoms with Crippen molar-refractivity contribution in [2.75, 3.05) is 12.8 Å². The van der Waals surface area contributed by atoms with Gasteiger partial charge in [-0.2, -0.15) is 0 Å². The summed E-state index contributed by atoms with van der Waals surface area (Å²) >= 11 is 0. The zero-order chi connectivity index (χ0) is 18.4. The number of anilines is 1. The predicted octanol–water partition coefficient (Wildman–Crippen LogP) is 0.767. The first-order valence-electron chi connectivity index (χ1n) is 8.46. The topological polar surface area (TPSA) is 104 Å². The van der Waals surface area contributed by atoms with E-state index in [2.05, 4.69) is 15.0 Å². The Balaban J connectivity index is 2.05. The average Bonchev–Trinajstić information content (AvgIpc) is 3.07. The summed E-state index contributed by atoms with van der Waals surface area (Å²) in [4.78, 5) is 28.1. The molecule has 8 heteroatoms. The molecular weight excluding hydrogens is 286 g/mol. The highest BCUT2D eigenvalue weighted by atomic mass is 16.5. The van der Waals surface area contributed by atoms with Crippen molar-refractivity contribution in [3.8, 4) is 0 Å². The van der Waals surface area contributed by atoms with Gasteiger partial charge in [-0.3, -0.25) is 9.13 Å². The third-order valence-electron chi connectivity index (χ3n) is 4.06. The van der Waals surface area contributed by atoms with Crippen LogP contribution in [0.4, 0.5) is 10.6 Å². The standard InChI is InChI=1S/C14H19N5O3/c1-18-11-7-16-12(15)6-10(11)19(14(18)21)9-4-3-8(5-9)17-13(20)22-2/h6-9H,3-5H2,1-2H3,(H2,15,16)(H,17,20)/t8?,9-/m1/s1/i1D3. The molecule has 22 heavy (non-hydrogen) atoms. The quantitative estimate of drug-likeness (QED) is 0.852. The fourth-order valence-corrected chi connectivity index (χ4v) is 3.03. The highest BCUT2D eigenvalue weighted by Gasteiger charge is 2.30. The molecule has 8 nitrogen and oxygen atoms in total. The average molecular weight is 308 g/mol. The number of alkyl carbamates (subject to hydrolysis) is 1. The Morgan fingerprint density at radius 1 is 1.55 bits per heavy atom. The number of nitrogens with zero attached hydrogens (tertiary/aromatic N) is 3. The van der Waals surface area contributed by atoms with Crippen molar-refractivity contribution in [1.82, 2.24) is 19.4 Å². The van der Waals surface area contributed by atoms with Crippen molar-refractivity contribution >= 4 is 22.9 Å². The minimum Gasteiger partial charge on any atom is -0.453 e. The molecule has 0 aliphatic heterocycles. The molecule has 2 heterocycles. The summed E-state index contributed by atoms with van der Waals surface area (Å²) in [6, 6.07) is 1.11. The van der Waals surface area contributed by atoms with E-state index < -0.39 is 18.8 Å². The van der Waals surface area contributed by atoms with E-state index in [1.165, 1.54) is 23.9 Å². The molecule has 0 radical (unpaired) electrons. The van der Waals surface area contributed by atoms with Gasteiger partial charge in [-0.1, -0.05) is 0 Å². The third kappa shape index (κ3) is 2.30. The van der Waals surface area contributed by atoms with Crippen LogP contribution in [0.5, 0.6) is 0 Å². The van der Waals surface area contributed by atoms with Gasteiger partial charge in [0.15, 0.2) is 0 Å². The van der Waals surface area contributed by atoms with Gasteiger partial charge in [-0.05, 0) is 19.3 Å². The number of ether oxygens (including phenoxy) is 1. The van der Waals surface area contributed by atoms with Crippen molar-refractivity contribution in [2.24, 2.45) is 6.98 Å². The SMILES string of the molecule is [2H]C([2H])([2H])n1c(=O)n([C@@H]2CCC(NC(=O)OC)C2)c2cc(N)ncc21. The van der Waals surface area contributed by atoms with Gasteiger partial charge in [0.25, 0.3) is 0 Å². The number of carbonyl (C=O) groups is 1. The van der Waals surface area contributed by atoms with Gasteiger partial charge in [-0.25, -0.2) is 14.6 Å². The molecule has 2 aromatic rings. The van der Waals surface area contributed by atoms with Crippen molar-refractivity contribution in [2.45, 2.75) is 31.3 Å². The Morgan fingerprint density at radius 3 is 3.09 bits per heavy atom. The van der Waals surface area contributed by atoms with Crippen molar-refractivity contribution < 1.29 is 13.6 Å². The van der Waals surface area contributed by atoms with Gasteiger partial charge in [0.1, 0.15) is 5.82 Å². The zero-order valence-corrected chi connectivity index (χ0v) is 12.1. The van der Waals surface area contributed by atoms with Crippen LogP contribution in [-0.4, -0.2) is 33.4 Å². The molecule has 1 unspecified atom stereocenters. The van der Waals surface area contributed by atoms with Gasteiger partial charge in [0.05, 0.1) is 24.3 Å². The van der Waals surface area contributed by atoms with Crippen LogP contribution >= 0.6 is 0 Å².